The summed E-state index contributed by atoms with van der Waals surface area (Å²) in [5.41, 5.74) is 2.40. The van der Waals surface area contributed by atoms with Crippen molar-refractivity contribution in [3.63, 3.8) is 0 Å². The van der Waals surface area contributed by atoms with Crippen LogP contribution in [0.15, 0.2) is 49.1 Å². The van der Waals surface area contributed by atoms with Gasteiger partial charge in [0.2, 0.25) is 0 Å². The second-order valence-corrected chi connectivity index (χ2v) is 4.93. The van der Waals surface area contributed by atoms with Crippen LogP contribution < -0.4 is 10.1 Å². The minimum Gasteiger partial charge on any atom is -0.378 e. The maximum Gasteiger partial charge on any atom is 0.178 e. The average Bonchev–Trinajstić information content (AvgIpc) is 2.43. The molecule has 0 heterocycles. The topological polar surface area (TPSA) is 15.3 Å². The summed E-state index contributed by atoms with van der Waals surface area (Å²) in [6.07, 6.45) is 2.70. The van der Waals surface area contributed by atoms with Gasteiger partial charge in [-0.15, -0.1) is 6.58 Å². The van der Waals surface area contributed by atoms with E-state index in [1.807, 2.05) is 20.2 Å². The Labute approximate surface area is 116 Å². The molecular weight excluding hydrogens is 231 g/mol. The molecule has 96 valence electrons. The highest BCUT2D eigenvalue weighted by Gasteiger charge is 2.07. The van der Waals surface area contributed by atoms with Gasteiger partial charge in [-0.1, -0.05) is 24.3 Å². The van der Waals surface area contributed by atoms with Crippen molar-refractivity contribution in [1.82, 2.24) is 5.23 Å². The molecule has 0 aliphatic carbocycles. The van der Waals surface area contributed by atoms with Gasteiger partial charge in [0.05, 0.1) is 0 Å². The molecule has 2 radical (unpaired) electrons. The first kappa shape index (κ1) is 13.7. The summed E-state index contributed by atoms with van der Waals surface area (Å²) in [5, 5.41) is 5.30. The number of nitrogens with one attached hydrogen (secondary N) is 1. The lowest BCUT2D eigenvalue weighted by molar-refractivity contribution is 0.681. The van der Waals surface area contributed by atoms with Crippen LogP contribution >= 0.6 is 0 Å². The largest absolute Gasteiger partial charge is 0.378 e. The van der Waals surface area contributed by atoms with Crippen molar-refractivity contribution in [2.75, 3.05) is 19.0 Å². The molecule has 0 saturated carbocycles. The first-order valence-corrected chi connectivity index (χ1v) is 6.43. The Morgan fingerprint density at radius 3 is 2.53 bits per heavy atom. The lowest BCUT2D eigenvalue weighted by Gasteiger charge is -2.17. The summed E-state index contributed by atoms with van der Waals surface area (Å²) in [4.78, 5) is 2.11. The Kier molecular flexibility index (Phi) is 4.28. The summed E-state index contributed by atoms with van der Waals surface area (Å²) in [6.45, 7) is 3.77. The summed E-state index contributed by atoms with van der Waals surface area (Å²) < 4.78 is 0. The highest BCUT2D eigenvalue weighted by atomic mass is 15.1. The zero-order valence-electron chi connectivity index (χ0n) is 11.6. The molecule has 1 N–H and O–H groups in total. The van der Waals surface area contributed by atoms with E-state index in [-0.39, 0.29) is 6.04 Å². The molecule has 0 amide bonds. The number of nitrogens with zero attached hydrogens (tertiary/aromatic N) is 1. The monoisotopic (exact) mass is 250 g/mol. The van der Waals surface area contributed by atoms with Crippen LogP contribution in [-0.4, -0.2) is 22.1 Å². The summed E-state index contributed by atoms with van der Waals surface area (Å²) >= 11 is 0. The van der Waals surface area contributed by atoms with E-state index >= 15 is 0 Å². The molecule has 19 heavy (non-hydrogen) atoms. The smallest absolute Gasteiger partial charge is 0.178 e. The van der Waals surface area contributed by atoms with Crippen LogP contribution in [-0.2, 0) is 0 Å². The number of fused-ring (bicyclic) bond motifs is 1. The molecule has 1 unspecified atom stereocenters. The summed E-state index contributed by atoms with van der Waals surface area (Å²) in [7, 11) is 9.69. The van der Waals surface area contributed by atoms with E-state index in [0.717, 1.165) is 6.42 Å². The molecular formula is C16H19BN2. The van der Waals surface area contributed by atoms with Crippen molar-refractivity contribution in [2.45, 2.75) is 12.5 Å². The normalized spacial score (nSPS) is 12.3. The zero-order chi connectivity index (χ0) is 13.8. The second-order valence-electron chi connectivity index (χ2n) is 4.93. The van der Waals surface area contributed by atoms with E-state index in [1.165, 1.54) is 22.0 Å². The standard InChI is InChI=1S/C16H19BN2/c1-4-5-16(18-17)14-7-6-13-11-15(19(2)3)9-8-12(13)10-14/h4,6-11,16,18H,1,5H2,2-3H3. The molecule has 1 atom stereocenters. The van der Waals surface area contributed by atoms with Gasteiger partial charge in [0.1, 0.15) is 0 Å². The van der Waals surface area contributed by atoms with Gasteiger partial charge in [-0.2, -0.15) is 0 Å². The molecule has 0 bridgehead atoms. The van der Waals surface area contributed by atoms with Crippen molar-refractivity contribution in [1.29, 1.82) is 0 Å². The second kappa shape index (κ2) is 5.94. The summed E-state index contributed by atoms with van der Waals surface area (Å²) in [6, 6.07) is 13.0. The zero-order valence-corrected chi connectivity index (χ0v) is 11.6. The van der Waals surface area contributed by atoms with Crippen molar-refractivity contribution in [3.05, 3.63) is 54.6 Å². The molecule has 0 aliphatic heterocycles. The van der Waals surface area contributed by atoms with E-state index in [0.29, 0.717) is 0 Å². The minimum absolute atomic E-state index is 0.121. The highest BCUT2D eigenvalue weighted by Crippen LogP contribution is 2.25. The molecule has 2 rings (SSSR count). The van der Waals surface area contributed by atoms with Crippen molar-refractivity contribution in [3.8, 4) is 0 Å². The van der Waals surface area contributed by atoms with Gasteiger partial charge in [-0.25, -0.2) is 0 Å². The van der Waals surface area contributed by atoms with Crippen molar-refractivity contribution >= 4 is 24.4 Å². The maximum absolute atomic E-state index is 5.59. The van der Waals surface area contributed by atoms with Gasteiger partial charge in [0, 0.05) is 25.8 Å². The van der Waals surface area contributed by atoms with E-state index < -0.39 is 0 Å². The predicted octanol–water partition coefficient (Wildman–Crippen LogP) is 3.20. The van der Waals surface area contributed by atoms with Crippen LogP contribution in [0.4, 0.5) is 5.69 Å². The Morgan fingerprint density at radius 2 is 1.89 bits per heavy atom. The van der Waals surface area contributed by atoms with Crippen LogP contribution in [0.25, 0.3) is 10.8 Å². The van der Waals surface area contributed by atoms with Crippen molar-refractivity contribution in [2.24, 2.45) is 0 Å². The van der Waals surface area contributed by atoms with Crippen molar-refractivity contribution < 1.29 is 0 Å². The number of hydrogen-bond acceptors (Lipinski definition) is 2. The summed E-state index contributed by atoms with van der Waals surface area (Å²) in [5.74, 6) is 0. The number of rotatable bonds is 5. The molecule has 0 aromatic heterocycles. The van der Waals surface area contributed by atoms with Gasteiger partial charge in [0.15, 0.2) is 7.98 Å². The van der Waals surface area contributed by atoms with Gasteiger partial charge < -0.3 is 10.1 Å². The fourth-order valence-electron chi connectivity index (χ4n) is 2.21. The lowest BCUT2D eigenvalue weighted by Crippen LogP contribution is -2.17. The molecule has 2 aromatic carbocycles. The van der Waals surface area contributed by atoms with Crippen LogP contribution in [0, 0.1) is 0 Å². The SMILES string of the molecule is [B]NC(CC=C)c1ccc2cc(N(C)C)ccc2c1. The van der Waals surface area contributed by atoms with Crippen LogP contribution in [0.3, 0.4) is 0 Å². The Morgan fingerprint density at radius 1 is 1.21 bits per heavy atom. The third-order valence-corrected chi connectivity index (χ3v) is 3.37. The van der Waals surface area contributed by atoms with E-state index in [1.54, 1.807) is 0 Å². The quantitative estimate of drug-likeness (QED) is 0.647. The first-order valence-electron chi connectivity index (χ1n) is 6.43. The molecule has 0 aliphatic rings. The Hall–Kier alpha value is -1.74. The fraction of sp³-hybridized carbons (Fsp3) is 0.250. The van der Waals surface area contributed by atoms with Gasteiger partial charge in [0.25, 0.3) is 0 Å². The van der Waals surface area contributed by atoms with Gasteiger partial charge >= 0.3 is 0 Å². The minimum atomic E-state index is 0.121. The number of anilines is 1. The molecule has 2 aromatic rings. The predicted molar refractivity (Wildman–Crippen MR) is 84.7 cm³/mol. The first-order chi connectivity index (χ1) is 9.15. The average molecular weight is 250 g/mol. The Balaban J connectivity index is 2.41. The molecule has 0 spiro atoms. The van der Waals surface area contributed by atoms with E-state index in [2.05, 4.69) is 53.1 Å². The van der Waals surface area contributed by atoms with Gasteiger partial charge in [-0.3, -0.25) is 0 Å². The molecule has 2 nitrogen and oxygen atoms in total. The van der Waals surface area contributed by atoms with Gasteiger partial charge in [-0.05, 0) is 41.0 Å². The third kappa shape index (κ3) is 2.99. The molecule has 0 saturated heterocycles. The fourth-order valence-corrected chi connectivity index (χ4v) is 2.21. The Bertz CT molecular complexity index is 578. The third-order valence-electron chi connectivity index (χ3n) is 3.37. The van der Waals surface area contributed by atoms with Crippen LogP contribution in [0.5, 0.6) is 0 Å². The van der Waals surface area contributed by atoms with Crippen LogP contribution in [0.1, 0.15) is 18.0 Å². The lowest BCUT2D eigenvalue weighted by atomic mass is 9.98. The number of benzene rings is 2. The number of hydrogen-bond donors (Lipinski definition) is 1. The van der Waals surface area contributed by atoms with Crippen LogP contribution in [0.2, 0.25) is 0 Å². The van der Waals surface area contributed by atoms with E-state index in [4.69, 9.17) is 7.98 Å². The van der Waals surface area contributed by atoms with E-state index in [9.17, 15) is 0 Å². The highest BCUT2D eigenvalue weighted by molar-refractivity contribution is 6.04. The molecule has 0 fully saturated rings. The maximum atomic E-state index is 5.59. The molecule has 3 heteroatoms.